The van der Waals surface area contributed by atoms with Crippen LogP contribution in [0.5, 0.6) is 0 Å². The minimum atomic E-state index is 0.0189. The normalized spacial score (nSPS) is 34.0. The number of hydrogen-bond donors (Lipinski definition) is 0. The van der Waals surface area contributed by atoms with Crippen molar-refractivity contribution in [2.24, 2.45) is 0 Å². The molecule has 126 valence electrons. The van der Waals surface area contributed by atoms with Gasteiger partial charge in [0.05, 0.1) is 19.3 Å². The molecule has 0 amide bonds. The number of methoxy groups -OCH3 is 1. The van der Waals surface area contributed by atoms with Crippen molar-refractivity contribution in [2.45, 2.75) is 56.0 Å². The molecule has 1 aliphatic carbocycles. The first-order valence-corrected chi connectivity index (χ1v) is 8.59. The molecule has 1 saturated carbocycles. The van der Waals surface area contributed by atoms with Gasteiger partial charge in [-0.15, -0.1) is 0 Å². The van der Waals surface area contributed by atoms with Crippen LogP contribution in [0, 0.1) is 0 Å². The first-order chi connectivity index (χ1) is 11.3. The highest BCUT2D eigenvalue weighted by Gasteiger charge is 2.49. The van der Waals surface area contributed by atoms with Gasteiger partial charge in [0.1, 0.15) is 18.3 Å². The van der Waals surface area contributed by atoms with Crippen molar-refractivity contribution in [2.75, 3.05) is 32.3 Å². The van der Waals surface area contributed by atoms with Gasteiger partial charge in [-0.25, -0.2) is 9.97 Å². The van der Waals surface area contributed by atoms with Gasteiger partial charge in [-0.05, 0) is 18.9 Å². The Labute approximate surface area is 137 Å². The van der Waals surface area contributed by atoms with Crippen molar-refractivity contribution >= 4 is 5.95 Å². The van der Waals surface area contributed by atoms with Crippen molar-refractivity contribution in [1.82, 2.24) is 9.97 Å². The zero-order valence-electron chi connectivity index (χ0n) is 13.9. The molecule has 0 spiro atoms. The Hall–Kier alpha value is -1.24. The van der Waals surface area contributed by atoms with Crippen LogP contribution in [0.3, 0.4) is 0 Å². The molecule has 6 nitrogen and oxygen atoms in total. The van der Waals surface area contributed by atoms with Gasteiger partial charge in [0.15, 0.2) is 0 Å². The summed E-state index contributed by atoms with van der Waals surface area (Å²) in [5, 5.41) is 0. The lowest BCUT2D eigenvalue weighted by Gasteiger charge is -2.27. The molecule has 2 aliphatic heterocycles. The Balaban J connectivity index is 1.51. The number of ether oxygens (including phenoxy) is 3. The molecule has 3 heterocycles. The van der Waals surface area contributed by atoms with Gasteiger partial charge >= 0.3 is 0 Å². The topological polar surface area (TPSA) is 56.7 Å². The Kier molecular flexibility index (Phi) is 4.22. The first-order valence-electron chi connectivity index (χ1n) is 8.59. The SMILES string of the molecule is COC1COC2C1OCC2N(C)c1nccc(C2CCCC2)n1. The molecule has 4 rings (SSSR count). The van der Waals surface area contributed by atoms with Crippen LogP contribution >= 0.6 is 0 Å². The average Bonchev–Trinajstić information content (AvgIpc) is 3.31. The van der Waals surface area contributed by atoms with Crippen LogP contribution in [-0.2, 0) is 14.2 Å². The maximum atomic E-state index is 5.92. The molecule has 3 aliphatic rings. The van der Waals surface area contributed by atoms with E-state index in [1.165, 1.54) is 31.4 Å². The molecule has 2 saturated heterocycles. The van der Waals surface area contributed by atoms with E-state index < -0.39 is 0 Å². The molecule has 0 bridgehead atoms. The maximum Gasteiger partial charge on any atom is 0.225 e. The summed E-state index contributed by atoms with van der Waals surface area (Å²) in [6.45, 7) is 1.22. The van der Waals surface area contributed by atoms with Crippen LogP contribution in [0.1, 0.15) is 37.3 Å². The van der Waals surface area contributed by atoms with Crippen LogP contribution in [0.15, 0.2) is 12.3 Å². The molecule has 4 atom stereocenters. The van der Waals surface area contributed by atoms with E-state index in [1.54, 1.807) is 7.11 Å². The standard InChI is InChI=1S/C17H25N3O3/c1-20(13-9-22-16-14(21-2)10-23-15(13)16)17-18-8-7-12(19-17)11-5-3-4-6-11/h7-8,11,13-16H,3-6,9-10H2,1-2H3. The predicted octanol–water partition coefficient (Wildman–Crippen LogP) is 1.75. The number of anilines is 1. The highest BCUT2D eigenvalue weighted by Crippen LogP contribution is 2.35. The summed E-state index contributed by atoms with van der Waals surface area (Å²) in [4.78, 5) is 11.4. The van der Waals surface area contributed by atoms with E-state index in [1.807, 2.05) is 13.2 Å². The second kappa shape index (κ2) is 6.34. The molecule has 0 N–H and O–H groups in total. The van der Waals surface area contributed by atoms with E-state index in [2.05, 4.69) is 16.0 Å². The van der Waals surface area contributed by atoms with Crippen molar-refractivity contribution in [3.05, 3.63) is 18.0 Å². The van der Waals surface area contributed by atoms with Crippen LogP contribution in [0.2, 0.25) is 0 Å². The largest absolute Gasteiger partial charge is 0.376 e. The average molecular weight is 319 g/mol. The second-order valence-electron chi connectivity index (χ2n) is 6.81. The summed E-state index contributed by atoms with van der Waals surface area (Å²) in [6, 6.07) is 2.20. The third-order valence-electron chi connectivity index (χ3n) is 5.54. The zero-order chi connectivity index (χ0) is 15.8. The molecule has 1 aromatic heterocycles. The number of likely N-dealkylation sites (N-methyl/N-ethyl adjacent to an activating group) is 1. The molecule has 0 radical (unpaired) electrons. The quantitative estimate of drug-likeness (QED) is 0.843. The number of rotatable bonds is 4. The number of fused-ring (bicyclic) bond motifs is 1. The van der Waals surface area contributed by atoms with E-state index in [0.29, 0.717) is 19.1 Å². The Morgan fingerprint density at radius 1 is 1.17 bits per heavy atom. The van der Waals surface area contributed by atoms with Gasteiger partial charge in [0.2, 0.25) is 5.95 Å². The lowest BCUT2D eigenvalue weighted by Crippen LogP contribution is -2.43. The van der Waals surface area contributed by atoms with Crippen molar-refractivity contribution in [1.29, 1.82) is 0 Å². The molecule has 4 unspecified atom stereocenters. The smallest absolute Gasteiger partial charge is 0.225 e. The fraction of sp³-hybridized carbons (Fsp3) is 0.765. The highest BCUT2D eigenvalue weighted by atomic mass is 16.6. The molecule has 23 heavy (non-hydrogen) atoms. The monoisotopic (exact) mass is 319 g/mol. The van der Waals surface area contributed by atoms with E-state index in [4.69, 9.17) is 19.2 Å². The van der Waals surface area contributed by atoms with Gasteiger partial charge in [-0.1, -0.05) is 12.8 Å². The summed E-state index contributed by atoms with van der Waals surface area (Å²) in [6.07, 6.45) is 7.08. The van der Waals surface area contributed by atoms with Crippen LogP contribution in [0.25, 0.3) is 0 Å². The molecular formula is C17H25N3O3. The minimum absolute atomic E-state index is 0.0189. The Morgan fingerprint density at radius 2 is 1.96 bits per heavy atom. The van der Waals surface area contributed by atoms with Crippen LogP contribution < -0.4 is 4.90 Å². The second-order valence-corrected chi connectivity index (χ2v) is 6.81. The fourth-order valence-corrected chi connectivity index (χ4v) is 4.11. The number of aromatic nitrogens is 2. The van der Waals surface area contributed by atoms with Crippen LogP contribution in [-0.4, -0.2) is 61.7 Å². The van der Waals surface area contributed by atoms with E-state index >= 15 is 0 Å². The number of hydrogen-bond acceptors (Lipinski definition) is 6. The Bertz CT molecular complexity index is 550. The molecule has 3 fully saturated rings. The first kappa shape index (κ1) is 15.3. The third-order valence-corrected chi connectivity index (χ3v) is 5.54. The summed E-state index contributed by atoms with van der Waals surface area (Å²) < 4.78 is 17.3. The van der Waals surface area contributed by atoms with Gasteiger partial charge in [0, 0.05) is 32.0 Å². The van der Waals surface area contributed by atoms with Gasteiger partial charge < -0.3 is 19.1 Å². The van der Waals surface area contributed by atoms with E-state index in [9.17, 15) is 0 Å². The van der Waals surface area contributed by atoms with Crippen LogP contribution in [0.4, 0.5) is 5.95 Å². The zero-order valence-corrected chi connectivity index (χ0v) is 13.9. The lowest BCUT2D eigenvalue weighted by molar-refractivity contribution is -0.00783. The highest BCUT2D eigenvalue weighted by molar-refractivity contribution is 5.33. The Morgan fingerprint density at radius 3 is 2.74 bits per heavy atom. The summed E-state index contributed by atoms with van der Waals surface area (Å²) >= 11 is 0. The summed E-state index contributed by atoms with van der Waals surface area (Å²) in [7, 11) is 3.75. The van der Waals surface area contributed by atoms with Crippen molar-refractivity contribution < 1.29 is 14.2 Å². The van der Waals surface area contributed by atoms with Gasteiger partial charge in [-0.3, -0.25) is 0 Å². The molecule has 0 aromatic carbocycles. The summed E-state index contributed by atoms with van der Waals surface area (Å²) in [5.74, 6) is 1.37. The maximum absolute atomic E-state index is 5.92. The molecule has 1 aromatic rings. The van der Waals surface area contributed by atoms with Crippen molar-refractivity contribution in [3.63, 3.8) is 0 Å². The van der Waals surface area contributed by atoms with E-state index in [-0.39, 0.29) is 24.4 Å². The van der Waals surface area contributed by atoms with Gasteiger partial charge in [0.25, 0.3) is 0 Å². The molecular weight excluding hydrogens is 294 g/mol. The molecule has 6 heteroatoms. The predicted molar refractivity (Wildman–Crippen MR) is 85.7 cm³/mol. The minimum Gasteiger partial charge on any atom is -0.376 e. The van der Waals surface area contributed by atoms with E-state index in [0.717, 1.165) is 5.95 Å². The summed E-state index contributed by atoms with van der Waals surface area (Å²) in [5.41, 5.74) is 1.18. The van der Waals surface area contributed by atoms with Crippen molar-refractivity contribution in [3.8, 4) is 0 Å². The lowest BCUT2D eigenvalue weighted by atomic mass is 10.0. The van der Waals surface area contributed by atoms with Gasteiger partial charge in [-0.2, -0.15) is 0 Å². The fourth-order valence-electron chi connectivity index (χ4n) is 4.11. The number of nitrogens with zero attached hydrogens (tertiary/aromatic N) is 3. The third kappa shape index (κ3) is 2.73.